The van der Waals surface area contributed by atoms with Crippen LogP contribution in [0.3, 0.4) is 0 Å². The molecule has 0 aliphatic carbocycles. The minimum absolute atomic E-state index is 0. The number of unbranched alkanes of at least 4 members (excludes halogenated alkanes) is 15. The molecule has 7 heteroatoms. The lowest BCUT2D eigenvalue weighted by atomic mass is 10.0. The number of rotatable bonds is 24. The molecule has 0 aromatic rings. The molecule has 5 nitrogen and oxygen atoms in total. The zero-order valence-electron chi connectivity index (χ0n) is 24.1. The van der Waals surface area contributed by atoms with Crippen LogP contribution in [-0.4, -0.2) is 67.5 Å². The summed E-state index contributed by atoms with van der Waals surface area (Å²) < 4.78 is 18.3. The summed E-state index contributed by atoms with van der Waals surface area (Å²) in [4.78, 5) is 0. The van der Waals surface area contributed by atoms with Crippen molar-refractivity contribution in [2.75, 3.05) is 49.0 Å². The van der Waals surface area contributed by atoms with Gasteiger partial charge in [-0.15, -0.1) is 0 Å². The highest BCUT2D eigenvalue weighted by atomic mass is 35.5. The second kappa shape index (κ2) is 21.4. The second-order valence-corrected chi connectivity index (χ2v) is 14.5. The van der Waals surface area contributed by atoms with Crippen LogP contribution in [0.15, 0.2) is 0 Å². The van der Waals surface area contributed by atoms with Gasteiger partial charge in [-0.2, -0.15) is 0 Å². The van der Waals surface area contributed by atoms with Gasteiger partial charge in [0.2, 0.25) is 0 Å². The van der Waals surface area contributed by atoms with Gasteiger partial charge in [0.25, 0.3) is 0 Å². The largest absolute Gasteiger partial charge is 1.00 e. The Kier molecular flexibility index (Phi) is 22.9. The number of nitrogens with two attached hydrogens (primary N) is 1. The first-order valence-corrected chi connectivity index (χ1v) is 15.7. The normalized spacial score (nSPS) is 14.1. The van der Waals surface area contributed by atoms with E-state index in [2.05, 4.69) is 28.1 Å². The van der Waals surface area contributed by atoms with Crippen LogP contribution in [0, 0.1) is 0 Å². The standard InChI is InChI=1S/C27H61N2O3Si.ClH/c1-8-9-10-11-12-13-14-15-16-17-18-19-20-21-22-23-24-27(28,25-26-29(2,3)4)33(30-5,31-6)32-7;/h8-26,28H2,1-7H3;1H/q+1;/p-1. The Balaban J connectivity index is 0. The van der Waals surface area contributed by atoms with Crippen molar-refractivity contribution >= 4 is 8.80 Å². The Bertz CT molecular complexity index is 440. The monoisotopic (exact) mass is 524 g/mol. The first-order valence-electron chi connectivity index (χ1n) is 13.9. The summed E-state index contributed by atoms with van der Waals surface area (Å²) >= 11 is 0. The van der Waals surface area contributed by atoms with Crippen LogP contribution >= 0.6 is 0 Å². The van der Waals surface area contributed by atoms with E-state index in [4.69, 9.17) is 19.0 Å². The fourth-order valence-corrected chi connectivity index (χ4v) is 7.43. The maximum atomic E-state index is 6.95. The Labute approximate surface area is 221 Å². The molecule has 1 atom stereocenters. The molecule has 2 N–H and O–H groups in total. The van der Waals surface area contributed by atoms with E-state index in [9.17, 15) is 0 Å². The number of halogens is 1. The van der Waals surface area contributed by atoms with Gasteiger partial charge in [-0.25, -0.2) is 0 Å². The van der Waals surface area contributed by atoms with Crippen LogP contribution in [0.2, 0.25) is 0 Å². The topological polar surface area (TPSA) is 53.7 Å². The quantitative estimate of drug-likeness (QED) is 0.118. The van der Waals surface area contributed by atoms with Crippen molar-refractivity contribution in [2.24, 2.45) is 5.73 Å². The second-order valence-electron chi connectivity index (χ2n) is 11.1. The van der Waals surface area contributed by atoms with Crippen LogP contribution in [0.1, 0.15) is 122 Å². The average Bonchev–Trinajstić information content (AvgIpc) is 2.78. The molecule has 0 spiro atoms. The summed E-state index contributed by atoms with van der Waals surface area (Å²) in [5, 5.41) is -0.535. The van der Waals surface area contributed by atoms with Gasteiger partial charge < -0.3 is 35.9 Å². The maximum absolute atomic E-state index is 6.95. The molecule has 0 saturated heterocycles. The zero-order chi connectivity index (χ0) is 25.1. The number of hydrogen-bond acceptors (Lipinski definition) is 4. The summed E-state index contributed by atoms with van der Waals surface area (Å²) in [5.74, 6) is 0. The highest BCUT2D eigenvalue weighted by Gasteiger charge is 2.57. The number of hydrogen-bond donors (Lipinski definition) is 1. The van der Waals surface area contributed by atoms with Crippen molar-refractivity contribution in [1.29, 1.82) is 0 Å². The van der Waals surface area contributed by atoms with E-state index >= 15 is 0 Å². The SMILES string of the molecule is CCCCCCCCCCCCCCCCCCC(N)(CC[N+](C)(C)C)[Si](OC)(OC)OC.[Cl-]. The van der Waals surface area contributed by atoms with E-state index < -0.39 is 14.0 Å². The molecule has 34 heavy (non-hydrogen) atoms. The average molecular weight is 525 g/mol. The molecule has 0 fully saturated rings. The van der Waals surface area contributed by atoms with E-state index in [-0.39, 0.29) is 12.4 Å². The Morgan fingerprint density at radius 1 is 0.588 bits per heavy atom. The van der Waals surface area contributed by atoms with E-state index in [0.29, 0.717) is 0 Å². The Morgan fingerprint density at radius 2 is 0.912 bits per heavy atom. The van der Waals surface area contributed by atoms with Gasteiger partial charge in [-0.1, -0.05) is 110 Å². The van der Waals surface area contributed by atoms with Gasteiger partial charge >= 0.3 is 8.80 Å². The molecule has 0 aromatic carbocycles. The smallest absolute Gasteiger partial charge is 0.521 e. The lowest BCUT2D eigenvalue weighted by Gasteiger charge is -2.42. The molecular weight excluding hydrogens is 464 g/mol. The maximum Gasteiger partial charge on any atom is 0.521 e. The van der Waals surface area contributed by atoms with Gasteiger partial charge in [0, 0.05) is 27.8 Å². The summed E-state index contributed by atoms with van der Waals surface area (Å²) in [5.41, 5.74) is 6.95. The first kappa shape index (κ1) is 36.5. The molecule has 0 aromatic heterocycles. The summed E-state index contributed by atoms with van der Waals surface area (Å²) in [6.07, 6.45) is 23.7. The lowest BCUT2D eigenvalue weighted by Crippen LogP contribution is -3.00. The summed E-state index contributed by atoms with van der Waals surface area (Å²) in [6, 6.07) is 0. The minimum Gasteiger partial charge on any atom is -1.00 e. The van der Waals surface area contributed by atoms with Gasteiger partial charge in [0.1, 0.15) is 0 Å². The van der Waals surface area contributed by atoms with E-state index in [0.717, 1.165) is 30.3 Å². The fraction of sp³-hybridized carbons (Fsp3) is 1.00. The highest BCUT2D eigenvalue weighted by molar-refractivity contribution is 6.64. The third-order valence-corrected chi connectivity index (χ3v) is 10.5. The Hall–Kier alpha value is 0.307. The predicted molar refractivity (Wildman–Crippen MR) is 145 cm³/mol. The predicted octanol–water partition coefficient (Wildman–Crippen LogP) is 3.85. The number of nitrogens with zero attached hydrogens (tertiary/aromatic N) is 1. The van der Waals surface area contributed by atoms with E-state index in [1.807, 2.05) is 0 Å². The van der Waals surface area contributed by atoms with Gasteiger partial charge in [-0.3, -0.25) is 0 Å². The molecular formula is C27H61ClN2O3Si. The molecule has 0 aliphatic heterocycles. The van der Waals surface area contributed by atoms with Crippen molar-refractivity contribution in [1.82, 2.24) is 0 Å². The van der Waals surface area contributed by atoms with Crippen LogP contribution in [0.4, 0.5) is 0 Å². The molecule has 0 aliphatic rings. The summed E-state index contributed by atoms with van der Waals surface area (Å²) in [6.45, 7) is 3.26. The van der Waals surface area contributed by atoms with E-state index in [1.54, 1.807) is 21.3 Å². The van der Waals surface area contributed by atoms with Gasteiger partial charge in [0.15, 0.2) is 0 Å². The molecule has 0 amide bonds. The third-order valence-electron chi connectivity index (χ3n) is 7.12. The molecule has 0 rings (SSSR count). The van der Waals surface area contributed by atoms with Crippen LogP contribution in [-0.2, 0) is 13.3 Å². The first-order chi connectivity index (χ1) is 15.7. The number of quaternary nitrogens is 1. The highest BCUT2D eigenvalue weighted by Crippen LogP contribution is 2.30. The van der Waals surface area contributed by atoms with Crippen molar-refractivity contribution in [3.05, 3.63) is 0 Å². The van der Waals surface area contributed by atoms with Crippen molar-refractivity contribution in [2.45, 2.75) is 128 Å². The fourth-order valence-electron chi connectivity index (χ4n) is 4.81. The van der Waals surface area contributed by atoms with Crippen molar-refractivity contribution in [3.63, 3.8) is 0 Å². The van der Waals surface area contributed by atoms with Crippen LogP contribution < -0.4 is 18.1 Å². The lowest BCUT2D eigenvalue weighted by molar-refractivity contribution is -0.870. The summed E-state index contributed by atoms with van der Waals surface area (Å²) in [7, 11) is 8.73. The van der Waals surface area contributed by atoms with Gasteiger partial charge in [0.05, 0.1) is 32.8 Å². The molecule has 208 valence electrons. The van der Waals surface area contributed by atoms with Crippen LogP contribution in [0.25, 0.3) is 0 Å². The Morgan fingerprint density at radius 3 is 1.21 bits per heavy atom. The van der Waals surface area contributed by atoms with Crippen LogP contribution in [0.5, 0.6) is 0 Å². The molecule has 1 unspecified atom stereocenters. The van der Waals surface area contributed by atoms with Crippen molar-refractivity contribution < 1.29 is 30.2 Å². The van der Waals surface area contributed by atoms with Gasteiger partial charge in [-0.05, 0) is 6.42 Å². The molecule has 0 radical (unpaired) electrons. The third kappa shape index (κ3) is 16.1. The van der Waals surface area contributed by atoms with E-state index in [1.165, 1.54) is 96.3 Å². The van der Waals surface area contributed by atoms with Crippen molar-refractivity contribution in [3.8, 4) is 0 Å². The zero-order valence-corrected chi connectivity index (χ0v) is 25.8. The molecule has 0 bridgehead atoms. The molecule has 0 heterocycles. The molecule has 0 saturated carbocycles. The minimum atomic E-state index is -2.91.